The van der Waals surface area contributed by atoms with Crippen molar-refractivity contribution in [1.82, 2.24) is 24.3 Å². The summed E-state index contributed by atoms with van der Waals surface area (Å²) in [5, 5.41) is 4.95. The van der Waals surface area contributed by atoms with Gasteiger partial charge in [-0.3, -0.25) is 9.59 Å². The van der Waals surface area contributed by atoms with Gasteiger partial charge in [0.05, 0.1) is 33.4 Å². The number of aromatic nitrogens is 5. The third kappa shape index (κ3) is 5.77. The lowest BCUT2D eigenvalue weighted by molar-refractivity contribution is 0.0884. The fourth-order valence-corrected chi connectivity index (χ4v) is 6.69. The van der Waals surface area contributed by atoms with Crippen molar-refractivity contribution in [2.45, 2.75) is 52.4 Å². The van der Waals surface area contributed by atoms with Gasteiger partial charge in [0.25, 0.3) is 11.8 Å². The Morgan fingerprint density at radius 1 is 0.917 bits per heavy atom. The number of carbonyl (C=O) groups is 2. The molecule has 6 aromatic rings. The van der Waals surface area contributed by atoms with E-state index in [1.165, 1.54) is 18.2 Å². The molecule has 2 amide bonds. The van der Waals surface area contributed by atoms with Crippen molar-refractivity contribution in [2.24, 2.45) is 0 Å². The van der Waals surface area contributed by atoms with E-state index in [0.29, 0.717) is 24.2 Å². The zero-order chi connectivity index (χ0) is 33.7. The van der Waals surface area contributed by atoms with Gasteiger partial charge in [0.1, 0.15) is 24.5 Å². The molecule has 0 bridgehead atoms. The van der Waals surface area contributed by atoms with Gasteiger partial charge >= 0.3 is 0 Å². The molecule has 10 nitrogen and oxygen atoms in total. The Bertz CT molecular complexity index is 2170. The second-order valence-corrected chi connectivity index (χ2v) is 18.8. The average molecular weight is 663 g/mol. The molecule has 48 heavy (non-hydrogen) atoms. The molecule has 1 unspecified atom stereocenters. The monoisotopic (exact) mass is 662 g/mol. The number of imide groups is 1. The van der Waals surface area contributed by atoms with Crippen LogP contribution >= 0.6 is 0 Å². The Morgan fingerprint density at radius 3 is 2.35 bits per heavy atom. The number of aryl methyl sites for hydroxylation is 1. The van der Waals surface area contributed by atoms with E-state index in [1.807, 2.05) is 42.8 Å². The molecule has 0 aliphatic carbocycles. The van der Waals surface area contributed by atoms with Crippen LogP contribution in [0.1, 0.15) is 45.1 Å². The van der Waals surface area contributed by atoms with Crippen molar-refractivity contribution in [3.05, 3.63) is 107 Å². The van der Waals surface area contributed by atoms with Crippen molar-refractivity contribution >= 4 is 47.6 Å². The van der Waals surface area contributed by atoms with Crippen LogP contribution in [-0.4, -0.2) is 50.8 Å². The van der Waals surface area contributed by atoms with Gasteiger partial charge in [-0.1, -0.05) is 31.8 Å². The second-order valence-electron chi connectivity index (χ2n) is 13.2. The zero-order valence-electron chi connectivity index (χ0n) is 27.4. The number of amides is 2. The van der Waals surface area contributed by atoms with E-state index >= 15 is 0 Å². The molecule has 3 aromatic carbocycles. The number of imidazole rings is 1. The van der Waals surface area contributed by atoms with E-state index < -0.39 is 31.8 Å². The summed E-state index contributed by atoms with van der Waals surface area (Å²) in [6.07, 6.45) is 2.88. The number of rotatable bonds is 10. The van der Waals surface area contributed by atoms with Crippen molar-refractivity contribution in [2.75, 3.05) is 11.5 Å². The third-order valence-corrected chi connectivity index (χ3v) is 10.2. The number of pyridine rings is 1. The maximum absolute atomic E-state index is 14.4. The normalized spacial score (nSPS) is 13.9. The number of carbonyl (C=O) groups excluding carboxylic acids is 2. The molecule has 12 heteroatoms. The van der Waals surface area contributed by atoms with Gasteiger partial charge in [-0.2, -0.15) is 5.10 Å². The van der Waals surface area contributed by atoms with Gasteiger partial charge in [-0.15, -0.1) is 0 Å². The standard InChI is InChI=1S/C36H35FN6O4Si/c1-22(28-19-32-30(20-31(28)42-14-8-13-38-42)39-23(2)41(32)21-46-15-16-48(3,4)5)47-33-18-24-17-25(37)11-12-29(24)40-34(33)43-35(44)26-9-6-7-10-27(26)36(43)45/h6-14,17-20,22H,15-16,21H2,1-5H3. The number of hydrogen-bond donors (Lipinski definition) is 0. The fraction of sp³-hybridized carbons (Fsp3) is 0.250. The first kappa shape index (κ1) is 31.4. The van der Waals surface area contributed by atoms with Crippen LogP contribution in [0.25, 0.3) is 27.6 Å². The molecule has 0 radical (unpaired) electrons. The van der Waals surface area contributed by atoms with Crippen molar-refractivity contribution in [3.8, 4) is 11.4 Å². The van der Waals surface area contributed by atoms with Crippen LogP contribution in [-0.2, 0) is 11.5 Å². The number of ether oxygens (including phenoxy) is 2. The first-order chi connectivity index (χ1) is 23.0. The summed E-state index contributed by atoms with van der Waals surface area (Å²) < 4.78 is 30.9. The molecular formula is C36H35FN6O4Si. The highest BCUT2D eigenvalue weighted by Crippen LogP contribution is 2.39. The van der Waals surface area contributed by atoms with Gasteiger partial charge in [0, 0.05) is 38.0 Å². The predicted octanol–water partition coefficient (Wildman–Crippen LogP) is 7.47. The zero-order valence-corrected chi connectivity index (χ0v) is 28.4. The van der Waals surface area contributed by atoms with Gasteiger partial charge in [-0.05, 0) is 74.5 Å². The maximum Gasteiger partial charge on any atom is 0.267 e. The number of halogens is 1. The predicted molar refractivity (Wildman–Crippen MR) is 184 cm³/mol. The van der Waals surface area contributed by atoms with Crippen LogP contribution in [0.4, 0.5) is 10.2 Å². The first-order valence-electron chi connectivity index (χ1n) is 15.8. The fourth-order valence-electron chi connectivity index (χ4n) is 5.93. The average Bonchev–Trinajstić information content (AvgIpc) is 3.75. The Balaban J connectivity index is 1.31. The summed E-state index contributed by atoms with van der Waals surface area (Å²) in [4.78, 5) is 37.7. The number of nitrogens with zero attached hydrogens (tertiary/aromatic N) is 6. The van der Waals surface area contributed by atoms with E-state index in [-0.39, 0.29) is 22.7 Å². The van der Waals surface area contributed by atoms with Crippen molar-refractivity contribution in [3.63, 3.8) is 0 Å². The molecular weight excluding hydrogens is 628 g/mol. The lowest BCUT2D eigenvalue weighted by Gasteiger charge is -2.23. The summed E-state index contributed by atoms with van der Waals surface area (Å²) in [5.41, 5.74) is 4.12. The van der Waals surface area contributed by atoms with E-state index in [4.69, 9.17) is 14.5 Å². The number of hydrogen-bond acceptors (Lipinski definition) is 7. The lowest BCUT2D eigenvalue weighted by atomic mass is 10.1. The van der Waals surface area contributed by atoms with Crippen LogP contribution in [0.2, 0.25) is 25.7 Å². The quantitative estimate of drug-likeness (QED) is 0.0852. The van der Waals surface area contributed by atoms with E-state index in [9.17, 15) is 14.0 Å². The molecule has 7 rings (SSSR count). The largest absolute Gasteiger partial charge is 0.482 e. The van der Waals surface area contributed by atoms with E-state index in [0.717, 1.165) is 39.1 Å². The molecule has 0 saturated heterocycles. The summed E-state index contributed by atoms with van der Waals surface area (Å²) >= 11 is 0. The summed E-state index contributed by atoms with van der Waals surface area (Å²) in [6, 6.07) is 19.3. The highest BCUT2D eigenvalue weighted by molar-refractivity contribution is 6.76. The maximum atomic E-state index is 14.4. The molecule has 1 atom stereocenters. The van der Waals surface area contributed by atoms with Gasteiger partial charge in [-0.25, -0.2) is 23.9 Å². The van der Waals surface area contributed by atoms with Crippen LogP contribution in [0, 0.1) is 12.7 Å². The highest BCUT2D eigenvalue weighted by Gasteiger charge is 2.39. The molecule has 1 aliphatic heterocycles. The van der Waals surface area contributed by atoms with Crippen LogP contribution in [0.5, 0.6) is 5.75 Å². The number of benzene rings is 3. The van der Waals surface area contributed by atoms with Crippen molar-refractivity contribution < 1.29 is 23.5 Å². The van der Waals surface area contributed by atoms with E-state index in [2.05, 4.69) is 29.7 Å². The number of anilines is 1. The molecule has 3 aromatic heterocycles. The SMILES string of the molecule is Cc1nc2cc(-n3cccn3)c(C(C)Oc3cc4cc(F)ccc4nc3N3C(=O)c4ccccc4C3=O)cc2n1COCC[Si](C)(C)C. The van der Waals surface area contributed by atoms with Gasteiger partial charge in [0.15, 0.2) is 11.6 Å². The summed E-state index contributed by atoms with van der Waals surface area (Å²) in [7, 11) is -1.26. The van der Waals surface area contributed by atoms with Crippen molar-refractivity contribution in [1.29, 1.82) is 0 Å². The molecule has 0 saturated carbocycles. The highest BCUT2D eigenvalue weighted by atomic mass is 28.3. The molecule has 244 valence electrons. The minimum absolute atomic E-state index is 0.0329. The Labute approximate surface area is 277 Å². The summed E-state index contributed by atoms with van der Waals surface area (Å²) in [6.45, 7) is 11.8. The molecule has 0 N–H and O–H groups in total. The van der Waals surface area contributed by atoms with Crippen LogP contribution in [0.3, 0.4) is 0 Å². The first-order valence-corrected chi connectivity index (χ1v) is 19.5. The van der Waals surface area contributed by atoms with Gasteiger partial charge < -0.3 is 14.0 Å². The minimum atomic E-state index is -1.26. The molecule has 1 aliphatic rings. The summed E-state index contributed by atoms with van der Waals surface area (Å²) in [5.74, 6) is -0.460. The minimum Gasteiger partial charge on any atom is -0.482 e. The lowest BCUT2D eigenvalue weighted by Crippen LogP contribution is -2.31. The molecule has 4 heterocycles. The van der Waals surface area contributed by atoms with Crippen LogP contribution in [0.15, 0.2) is 79.1 Å². The molecule has 0 spiro atoms. The Kier molecular flexibility index (Phi) is 7.92. The smallest absolute Gasteiger partial charge is 0.267 e. The number of fused-ring (bicyclic) bond motifs is 3. The Morgan fingerprint density at radius 2 is 1.67 bits per heavy atom. The molecule has 0 fully saturated rings. The van der Waals surface area contributed by atoms with E-state index in [1.54, 1.807) is 41.2 Å². The third-order valence-electron chi connectivity index (χ3n) is 8.53. The van der Waals surface area contributed by atoms with Gasteiger partial charge in [0.2, 0.25) is 0 Å². The topological polar surface area (TPSA) is 104 Å². The Hall–Kier alpha value is -5.20. The van der Waals surface area contributed by atoms with Crippen LogP contribution < -0.4 is 9.64 Å². The second kappa shape index (κ2) is 12.1.